The Labute approximate surface area is 189 Å². The molecule has 0 spiro atoms. The molecule has 1 nitrogen and oxygen atoms in total. The Hall–Kier alpha value is -0.397. The number of aliphatic imine (C=N–C) groups is 1. The molecule has 2 aromatic rings. The average Bonchev–Trinajstić information content (AvgIpc) is 2.95. The van der Waals surface area contributed by atoms with Gasteiger partial charge >= 0.3 is 154 Å². The number of fused-ring (bicyclic) bond motifs is 5. The molecule has 1 heterocycles. The van der Waals surface area contributed by atoms with Crippen LogP contribution in [-0.4, -0.2) is 5.71 Å². The first-order valence-corrected chi connectivity index (χ1v) is 9.32. The summed E-state index contributed by atoms with van der Waals surface area (Å²) in [5.41, 5.74) is 12.0. The number of aryl methyl sites for hydroxylation is 1. The molecule has 2 aromatic carbocycles. The van der Waals surface area contributed by atoms with Gasteiger partial charge in [-0.1, -0.05) is 0 Å². The SMILES string of the molecule is CC1=C2C(=Nc3ccc(C)cc32)c2cc(C(C)(C)C)c[c]([Zr+3])c21.[Cl-].[Cl-].[Cl-]. The van der Waals surface area contributed by atoms with E-state index in [1.165, 1.54) is 72.7 Å². The van der Waals surface area contributed by atoms with Crippen molar-refractivity contribution in [2.45, 2.75) is 40.0 Å². The van der Waals surface area contributed by atoms with E-state index in [4.69, 9.17) is 4.99 Å². The van der Waals surface area contributed by atoms with E-state index >= 15 is 0 Å². The molecule has 0 saturated heterocycles. The normalized spacial score (nSPS) is 13.7. The summed E-state index contributed by atoms with van der Waals surface area (Å²) in [7, 11) is 0. The molecule has 0 saturated carbocycles. The molecule has 0 N–H and O–H groups in total. The smallest absolute Gasteiger partial charge is 1.00 e. The van der Waals surface area contributed by atoms with Crippen molar-refractivity contribution in [1.29, 1.82) is 0 Å². The van der Waals surface area contributed by atoms with E-state index in [0.29, 0.717) is 0 Å². The molecule has 0 aromatic heterocycles. The van der Waals surface area contributed by atoms with Gasteiger partial charge in [0.1, 0.15) is 0 Å². The van der Waals surface area contributed by atoms with Crippen molar-refractivity contribution in [3.63, 3.8) is 0 Å². The predicted molar refractivity (Wildman–Crippen MR) is 94.6 cm³/mol. The van der Waals surface area contributed by atoms with Crippen molar-refractivity contribution < 1.29 is 61.9 Å². The Kier molecular flexibility index (Phi) is 7.20. The van der Waals surface area contributed by atoms with Gasteiger partial charge < -0.3 is 37.2 Å². The number of allylic oxidation sites excluding steroid dienone is 2. The van der Waals surface area contributed by atoms with Crippen molar-refractivity contribution in [2.24, 2.45) is 4.99 Å². The summed E-state index contributed by atoms with van der Waals surface area (Å²) in [4.78, 5) is 4.98. The van der Waals surface area contributed by atoms with Gasteiger partial charge in [-0.05, 0) is 0 Å². The molecule has 26 heavy (non-hydrogen) atoms. The zero-order chi connectivity index (χ0) is 16.5. The molecule has 4 rings (SSSR count). The number of hydrogen-bond acceptors (Lipinski definition) is 1. The van der Waals surface area contributed by atoms with Crippen molar-refractivity contribution >= 4 is 25.8 Å². The van der Waals surface area contributed by atoms with Crippen LogP contribution >= 0.6 is 0 Å². The van der Waals surface area contributed by atoms with Gasteiger partial charge in [-0.15, -0.1) is 0 Å². The summed E-state index contributed by atoms with van der Waals surface area (Å²) >= 11 is 1.48. The van der Waals surface area contributed by atoms with Crippen molar-refractivity contribution in [3.8, 4) is 0 Å². The van der Waals surface area contributed by atoms with Gasteiger partial charge in [0.15, 0.2) is 0 Å². The minimum atomic E-state index is 0. The second kappa shape index (κ2) is 7.92. The fraction of sp³-hybridized carbons (Fsp3) is 0.286. The molecular weight excluding hydrogens is 464 g/mol. The molecule has 2 aliphatic rings. The van der Waals surface area contributed by atoms with E-state index in [1.807, 2.05) is 0 Å². The fourth-order valence-electron chi connectivity index (χ4n) is 3.62. The van der Waals surface area contributed by atoms with Crippen molar-refractivity contribution in [3.05, 3.63) is 58.1 Å². The summed E-state index contributed by atoms with van der Waals surface area (Å²) < 4.78 is 1.45. The first kappa shape index (κ1) is 23.6. The average molecular weight is 484 g/mol. The quantitative estimate of drug-likeness (QED) is 0.361. The number of nitrogens with zero attached hydrogens (tertiary/aromatic N) is 1. The van der Waals surface area contributed by atoms with Crippen LogP contribution in [0.5, 0.6) is 0 Å². The number of rotatable bonds is 0. The van der Waals surface area contributed by atoms with Crippen molar-refractivity contribution in [2.75, 3.05) is 0 Å². The van der Waals surface area contributed by atoms with Gasteiger partial charge in [-0.2, -0.15) is 0 Å². The van der Waals surface area contributed by atoms with Crippen LogP contribution in [0.1, 0.15) is 55.5 Å². The molecule has 0 bridgehead atoms. The first-order chi connectivity index (χ1) is 10.8. The van der Waals surface area contributed by atoms with Gasteiger partial charge in [0.25, 0.3) is 0 Å². The Bertz CT molecular complexity index is 937. The Morgan fingerprint density at radius 1 is 0.885 bits per heavy atom. The third-order valence-electron chi connectivity index (χ3n) is 4.90. The zero-order valence-electron chi connectivity index (χ0n) is 15.5. The summed E-state index contributed by atoms with van der Waals surface area (Å²) in [6.45, 7) is 11.3. The Morgan fingerprint density at radius 2 is 1.54 bits per heavy atom. The van der Waals surface area contributed by atoms with E-state index in [-0.39, 0.29) is 42.6 Å². The van der Waals surface area contributed by atoms with Gasteiger partial charge in [0, 0.05) is 0 Å². The maximum Gasteiger partial charge on any atom is -1.00 e. The van der Waals surface area contributed by atoms with Crippen LogP contribution in [0.25, 0.3) is 11.1 Å². The standard InChI is InChI=1S/C21H20N.3ClH.Zr/c1-12-6-9-18-17(10-12)19-13(2)15-8-7-14(21(3,4)5)11-16(15)20(19)22-18;;;;/h6-7,9-11H,1-5H3;3*1H;/q;;;;+3/p-3. The van der Waals surface area contributed by atoms with Crippen LogP contribution in [0, 0.1) is 6.92 Å². The molecule has 5 heteroatoms. The maximum absolute atomic E-state index is 4.98. The van der Waals surface area contributed by atoms with Gasteiger partial charge in [0.2, 0.25) is 0 Å². The molecule has 0 unspecified atom stereocenters. The minimum Gasteiger partial charge on any atom is -1.00 e. The summed E-state index contributed by atoms with van der Waals surface area (Å²) in [5, 5.41) is 0. The van der Waals surface area contributed by atoms with Gasteiger partial charge in [0.05, 0.1) is 0 Å². The van der Waals surface area contributed by atoms with Crippen LogP contribution in [0.4, 0.5) is 5.69 Å². The summed E-state index contributed by atoms with van der Waals surface area (Å²) in [6.07, 6.45) is 0. The zero-order valence-corrected chi connectivity index (χ0v) is 20.2. The van der Waals surface area contributed by atoms with E-state index in [2.05, 4.69) is 65.0 Å². The third-order valence-corrected chi connectivity index (χ3v) is 5.87. The first-order valence-electron chi connectivity index (χ1n) is 8.09. The molecule has 0 fully saturated rings. The van der Waals surface area contributed by atoms with Gasteiger partial charge in [-0.25, -0.2) is 0 Å². The molecule has 1 aliphatic heterocycles. The topological polar surface area (TPSA) is 12.4 Å². The summed E-state index contributed by atoms with van der Waals surface area (Å²) in [6, 6.07) is 11.4. The van der Waals surface area contributed by atoms with E-state index < -0.39 is 0 Å². The molecule has 134 valence electrons. The Morgan fingerprint density at radius 3 is 2.15 bits per heavy atom. The van der Waals surface area contributed by atoms with Gasteiger partial charge in [-0.3, -0.25) is 0 Å². The number of hydrogen-bond donors (Lipinski definition) is 0. The summed E-state index contributed by atoms with van der Waals surface area (Å²) in [5.74, 6) is 0. The van der Waals surface area contributed by atoms with Crippen LogP contribution < -0.4 is 40.5 Å². The molecule has 1 aliphatic carbocycles. The molecule has 0 atom stereocenters. The maximum atomic E-state index is 4.98. The van der Waals surface area contributed by atoms with E-state index in [1.54, 1.807) is 0 Å². The third kappa shape index (κ3) is 3.51. The largest absolute Gasteiger partial charge is 1.00 e. The van der Waals surface area contributed by atoms with E-state index in [0.717, 1.165) is 5.69 Å². The minimum absolute atomic E-state index is 0. The predicted octanol–water partition coefficient (Wildman–Crippen LogP) is -4.14. The molecule has 0 amide bonds. The number of halogens is 3. The van der Waals surface area contributed by atoms with Crippen LogP contribution in [-0.2, 0) is 30.1 Å². The van der Waals surface area contributed by atoms with E-state index in [9.17, 15) is 0 Å². The molecular formula is C21H20Cl3NZr. The van der Waals surface area contributed by atoms with Crippen molar-refractivity contribution in [1.82, 2.24) is 0 Å². The number of benzene rings is 2. The monoisotopic (exact) mass is 481 g/mol. The second-order valence-corrected chi connectivity index (χ2v) is 9.00. The van der Waals surface area contributed by atoms with Crippen LogP contribution in [0.15, 0.2) is 35.3 Å². The molecule has 0 radical (unpaired) electrons. The van der Waals surface area contributed by atoms with Crippen LogP contribution in [0.3, 0.4) is 0 Å². The second-order valence-electron chi connectivity index (χ2n) is 7.68. The Balaban J connectivity index is 0.00000113. The van der Waals surface area contributed by atoms with Crippen LogP contribution in [0.2, 0.25) is 0 Å². The fourth-order valence-corrected chi connectivity index (χ4v) is 4.79.